The van der Waals surface area contributed by atoms with Gasteiger partial charge in [0, 0.05) is 26.6 Å². The smallest absolute Gasteiger partial charge is 0.142 e. The molecule has 0 spiro atoms. The van der Waals surface area contributed by atoms with Gasteiger partial charge in [0.25, 0.3) is 0 Å². The van der Waals surface area contributed by atoms with Crippen LogP contribution in [-0.2, 0) is 11.0 Å². The van der Waals surface area contributed by atoms with Crippen LogP contribution in [0.3, 0.4) is 0 Å². The van der Waals surface area contributed by atoms with Crippen molar-refractivity contribution in [1.29, 1.82) is 0 Å². The zero-order chi connectivity index (χ0) is 20.9. The molecule has 1 nitrogen and oxygen atoms in total. The van der Waals surface area contributed by atoms with Gasteiger partial charge in [0.05, 0.1) is 0 Å². The van der Waals surface area contributed by atoms with E-state index in [4.69, 9.17) is 0 Å². The van der Waals surface area contributed by atoms with Crippen molar-refractivity contribution in [3.05, 3.63) is 129 Å². The van der Waals surface area contributed by atoms with Gasteiger partial charge in [-0.2, -0.15) is 0 Å². The fourth-order valence-electron chi connectivity index (χ4n) is 4.91. The highest BCUT2D eigenvalue weighted by molar-refractivity contribution is 9.10. The van der Waals surface area contributed by atoms with Gasteiger partial charge in [-0.15, -0.1) is 0 Å². The van der Waals surface area contributed by atoms with Crippen LogP contribution in [0.15, 0.2) is 102 Å². The zero-order valence-electron chi connectivity index (χ0n) is 17.1. The van der Waals surface area contributed by atoms with E-state index in [0.717, 1.165) is 37.9 Å². The van der Waals surface area contributed by atoms with Crippen molar-refractivity contribution in [1.82, 2.24) is 0 Å². The van der Waals surface area contributed by atoms with Gasteiger partial charge in [0.1, 0.15) is 5.60 Å². The minimum absolute atomic E-state index is 0.267. The van der Waals surface area contributed by atoms with Gasteiger partial charge < -0.3 is 5.11 Å². The summed E-state index contributed by atoms with van der Waals surface area (Å²) in [5, 5.41) is 12.5. The van der Waals surface area contributed by atoms with E-state index in [1.54, 1.807) is 0 Å². The lowest BCUT2D eigenvalue weighted by Crippen LogP contribution is -2.32. The predicted octanol–water partition coefficient (Wildman–Crippen LogP) is 7.04. The Bertz CT molecular complexity index is 1240. The molecule has 4 aromatic rings. The molecule has 1 unspecified atom stereocenters. The molecule has 0 saturated heterocycles. The third-order valence-corrected chi connectivity index (χ3v) is 7.14. The Labute approximate surface area is 186 Å². The molecule has 5 rings (SSSR count). The van der Waals surface area contributed by atoms with Crippen molar-refractivity contribution < 1.29 is 5.11 Å². The molecule has 2 heteroatoms. The number of hydrogen-bond acceptors (Lipinski definition) is 1. The molecule has 30 heavy (non-hydrogen) atoms. The molecule has 0 saturated carbocycles. The summed E-state index contributed by atoms with van der Waals surface area (Å²) in [5.74, 6) is 0. The van der Waals surface area contributed by atoms with Gasteiger partial charge in [0.15, 0.2) is 0 Å². The third kappa shape index (κ3) is 2.64. The standard InChI is InChI=1S/C28H23BrO/c1-27(2,19-11-4-3-5-12-19)22-15-8-9-16-23(22)28(30)21-14-7-6-13-20(21)26-24(28)17-10-18-25(26)29/h3-18,30H,1-2H3. The van der Waals surface area contributed by atoms with Gasteiger partial charge in [-0.05, 0) is 28.3 Å². The van der Waals surface area contributed by atoms with Crippen LogP contribution in [0.1, 0.15) is 41.7 Å². The van der Waals surface area contributed by atoms with E-state index in [0.29, 0.717) is 0 Å². The van der Waals surface area contributed by atoms with Crippen LogP contribution >= 0.6 is 15.9 Å². The quantitative estimate of drug-likeness (QED) is 0.351. The maximum absolute atomic E-state index is 12.5. The molecule has 0 aliphatic heterocycles. The van der Waals surface area contributed by atoms with E-state index < -0.39 is 5.60 Å². The summed E-state index contributed by atoms with van der Waals surface area (Å²) in [6.45, 7) is 4.46. The molecule has 0 amide bonds. The summed E-state index contributed by atoms with van der Waals surface area (Å²) >= 11 is 3.72. The second-order valence-corrected chi connectivity index (χ2v) is 9.31. The average molecular weight is 455 g/mol. The zero-order valence-corrected chi connectivity index (χ0v) is 18.6. The first kappa shape index (κ1) is 19.3. The van der Waals surface area contributed by atoms with Crippen LogP contribution in [0.5, 0.6) is 0 Å². The SMILES string of the molecule is CC(C)(c1ccccc1)c1ccccc1C1(O)c2ccccc2-c2c(Br)cccc21. The highest BCUT2D eigenvalue weighted by Gasteiger charge is 2.46. The van der Waals surface area contributed by atoms with Gasteiger partial charge in [-0.3, -0.25) is 0 Å². The Hall–Kier alpha value is -2.68. The Balaban J connectivity index is 1.82. The van der Waals surface area contributed by atoms with Crippen molar-refractivity contribution in [2.24, 2.45) is 0 Å². The fourth-order valence-corrected chi connectivity index (χ4v) is 5.48. The Morgan fingerprint density at radius 3 is 2.03 bits per heavy atom. The summed E-state index contributed by atoms with van der Waals surface area (Å²) in [6.07, 6.45) is 0. The fraction of sp³-hybridized carbons (Fsp3) is 0.143. The Kier molecular flexibility index (Phi) is 4.46. The molecule has 148 valence electrons. The minimum atomic E-state index is -1.21. The average Bonchev–Trinajstić information content (AvgIpc) is 3.05. The lowest BCUT2D eigenvalue weighted by atomic mass is 9.71. The van der Waals surface area contributed by atoms with Crippen molar-refractivity contribution in [2.45, 2.75) is 24.9 Å². The first-order chi connectivity index (χ1) is 14.5. The Morgan fingerprint density at radius 1 is 0.667 bits per heavy atom. The first-order valence-electron chi connectivity index (χ1n) is 10.2. The molecule has 4 aromatic carbocycles. The number of rotatable bonds is 3. The number of halogens is 1. The number of aliphatic hydroxyl groups is 1. The van der Waals surface area contributed by atoms with Crippen LogP contribution < -0.4 is 0 Å². The normalized spacial score (nSPS) is 17.5. The number of hydrogen-bond donors (Lipinski definition) is 1. The van der Waals surface area contributed by atoms with Crippen molar-refractivity contribution in [3.8, 4) is 11.1 Å². The molecule has 0 radical (unpaired) electrons. The molecule has 0 heterocycles. The van der Waals surface area contributed by atoms with E-state index in [2.05, 4.69) is 78.3 Å². The van der Waals surface area contributed by atoms with Crippen LogP contribution in [-0.4, -0.2) is 5.11 Å². The monoisotopic (exact) mass is 454 g/mol. The van der Waals surface area contributed by atoms with Crippen molar-refractivity contribution in [3.63, 3.8) is 0 Å². The predicted molar refractivity (Wildman–Crippen MR) is 127 cm³/mol. The molecule has 1 atom stereocenters. The number of fused-ring (bicyclic) bond motifs is 3. The maximum atomic E-state index is 12.5. The molecule has 1 aliphatic carbocycles. The molecule has 0 bridgehead atoms. The van der Waals surface area contributed by atoms with Gasteiger partial charge in [-0.25, -0.2) is 0 Å². The summed E-state index contributed by atoms with van der Waals surface area (Å²) in [6, 6.07) is 33.1. The highest BCUT2D eigenvalue weighted by Crippen LogP contribution is 2.54. The molecule has 0 fully saturated rings. The topological polar surface area (TPSA) is 20.2 Å². The van der Waals surface area contributed by atoms with Gasteiger partial charge in [0.2, 0.25) is 0 Å². The maximum Gasteiger partial charge on any atom is 0.142 e. The molecular formula is C28H23BrO. The van der Waals surface area contributed by atoms with Crippen LogP contribution in [0.2, 0.25) is 0 Å². The Morgan fingerprint density at radius 2 is 1.27 bits per heavy atom. The van der Waals surface area contributed by atoms with Crippen LogP contribution in [0, 0.1) is 0 Å². The van der Waals surface area contributed by atoms with E-state index in [1.165, 1.54) is 5.56 Å². The van der Waals surface area contributed by atoms with Gasteiger partial charge in [-0.1, -0.05) is 121 Å². The van der Waals surface area contributed by atoms with E-state index in [-0.39, 0.29) is 5.41 Å². The van der Waals surface area contributed by atoms with Crippen LogP contribution in [0.25, 0.3) is 11.1 Å². The molecule has 1 aliphatic rings. The lowest BCUT2D eigenvalue weighted by molar-refractivity contribution is 0.128. The molecule has 1 N–H and O–H groups in total. The van der Waals surface area contributed by atoms with Crippen molar-refractivity contribution in [2.75, 3.05) is 0 Å². The third-order valence-electron chi connectivity index (χ3n) is 6.48. The molecule has 0 aromatic heterocycles. The summed E-state index contributed by atoms with van der Waals surface area (Å²) < 4.78 is 1.00. The second-order valence-electron chi connectivity index (χ2n) is 8.45. The summed E-state index contributed by atoms with van der Waals surface area (Å²) in [5.41, 5.74) is 5.82. The van der Waals surface area contributed by atoms with Gasteiger partial charge >= 0.3 is 0 Å². The first-order valence-corrected chi connectivity index (χ1v) is 11.0. The summed E-state index contributed by atoms with van der Waals surface area (Å²) in [7, 11) is 0. The van der Waals surface area contributed by atoms with E-state index in [1.807, 2.05) is 48.5 Å². The summed E-state index contributed by atoms with van der Waals surface area (Å²) in [4.78, 5) is 0. The van der Waals surface area contributed by atoms with Crippen molar-refractivity contribution >= 4 is 15.9 Å². The van der Waals surface area contributed by atoms with E-state index in [9.17, 15) is 5.11 Å². The second kappa shape index (κ2) is 6.94. The molecular weight excluding hydrogens is 432 g/mol. The highest BCUT2D eigenvalue weighted by atomic mass is 79.9. The minimum Gasteiger partial charge on any atom is -0.376 e. The van der Waals surface area contributed by atoms with E-state index >= 15 is 0 Å². The van der Waals surface area contributed by atoms with Crippen LogP contribution in [0.4, 0.5) is 0 Å². The largest absolute Gasteiger partial charge is 0.376 e. The lowest BCUT2D eigenvalue weighted by Gasteiger charge is -2.35. The number of benzene rings is 4.